The summed E-state index contributed by atoms with van der Waals surface area (Å²) in [5.74, 6) is -0.727. The van der Waals surface area contributed by atoms with Gasteiger partial charge in [0.1, 0.15) is 0 Å². The highest BCUT2D eigenvalue weighted by Crippen LogP contribution is 2.53. The van der Waals surface area contributed by atoms with Crippen LogP contribution in [-0.4, -0.2) is 38.0 Å². The van der Waals surface area contributed by atoms with Crippen molar-refractivity contribution in [3.63, 3.8) is 0 Å². The number of allylic oxidation sites excluding steroid dienone is 2. The first-order valence-corrected chi connectivity index (χ1v) is 15.2. The van der Waals surface area contributed by atoms with Gasteiger partial charge in [-0.05, 0) is 66.8 Å². The van der Waals surface area contributed by atoms with Crippen LogP contribution in [0.3, 0.4) is 0 Å². The smallest absolute Gasteiger partial charge is 0.391 e. The van der Waals surface area contributed by atoms with Crippen LogP contribution < -0.4 is 25.0 Å². The number of fused-ring (bicyclic) bond motifs is 5. The minimum atomic E-state index is -0.832. The minimum absolute atomic E-state index is 0.0955. The topological polar surface area (TPSA) is 85.1 Å². The quantitative estimate of drug-likeness (QED) is 0.201. The van der Waals surface area contributed by atoms with E-state index in [-0.39, 0.29) is 35.5 Å². The third-order valence-electron chi connectivity index (χ3n) is 9.56. The van der Waals surface area contributed by atoms with Gasteiger partial charge in [0.05, 0.1) is 11.8 Å². The molecule has 3 fully saturated rings. The summed E-state index contributed by atoms with van der Waals surface area (Å²) in [6.45, 7) is 0. The summed E-state index contributed by atoms with van der Waals surface area (Å²) >= 11 is 0. The minimum Gasteiger partial charge on any atom is -0.391 e. The van der Waals surface area contributed by atoms with Crippen LogP contribution in [-0.2, 0) is 9.59 Å². The van der Waals surface area contributed by atoms with Gasteiger partial charge in [0.25, 0.3) is 0 Å². The number of carbonyl (C=O) groups excluding carboxylic acids is 2. The lowest BCUT2D eigenvalue weighted by molar-refractivity contribution is -0.135. The van der Waals surface area contributed by atoms with Crippen LogP contribution in [0.5, 0.6) is 0 Å². The lowest BCUT2D eigenvalue weighted by atomic mass is 9.54. The number of para-hydroxylation sites is 4. The highest BCUT2D eigenvalue weighted by molar-refractivity contribution is 7.05. The van der Waals surface area contributed by atoms with Crippen LogP contribution in [0.2, 0.25) is 0 Å². The molecule has 2 heterocycles. The second-order valence-corrected chi connectivity index (χ2v) is 11.9. The number of nitrogens with zero attached hydrogens (tertiary/aromatic N) is 4. The molecule has 2 aliphatic heterocycles. The Balaban J connectivity index is 1.35. The summed E-state index contributed by atoms with van der Waals surface area (Å²) < 4.78 is 6.25. The number of nitrogens with two attached hydrogens (primary N) is 1. The van der Waals surface area contributed by atoms with Crippen molar-refractivity contribution in [3.8, 4) is 0 Å². The largest absolute Gasteiger partial charge is 0.493 e. The molecular formula is C33H31B3N6O2. The van der Waals surface area contributed by atoms with Gasteiger partial charge in [-0.2, -0.15) is 0 Å². The van der Waals surface area contributed by atoms with E-state index in [0.29, 0.717) is 0 Å². The Bertz CT molecular complexity index is 1670. The summed E-state index contributed by atoms with van der Waals surface area (Å²) in [4.78, 5) is 30.5. The first kappa shape index (κ1) is 26.7. The molecule has 1 saturated carbocycles. The molecule has 2 bridgehead atoms. The second-order valence-electron chi connectivity index (χ2n) is 11.9. The molecule has 8 rings (SSSR count). The molecule has 0 aromatic heterocycles. The second kappa shape index (κ2) is 10.7. The molecule has 4 aromatic carbocycles. The Labute approximate surface area is 258 Å². The molecule has 44 heavy (non-hydrogen) atoms. The molecule has 2 saturated heterocycles. The van der Waals surface area contributed by atoms with E-state index in [1.807, 2.05) is 126 Å². The Morgan fingerprint density at radius 2 is 1.02 bits per heavy atom. The van der Waals surface area contributed by atoms with Gasteiger partial charge in [-0.3, -0.25) is 14.4 Å². The zero-order chi connectivity index (χ0) is 29.8. The molecule has 4 atom stereocenters. The van der Waals surface area contributed by atoms with E-state index in [1.165, 1.54) is 4.81 Å². The third-order valence-corrected chi connectivity index (χ3v) is 9.56. The van der Waals surface area contributed by atoms with Crippen molar-refractivity contribution in [1.82, 2.24) is 4.81 Å². The monoisotopic (exact) mass is 576 g/mol. The maximum Gasteiger partial charge on any atom is 0.493 e. The summed E-state index contributed by atoms with van der Waals surface area (Å²) in [7, 11) is -2.15. The molecule has 2 aliphatic carbocycles. The van der Waals surface area contributed by atoms with Crippen LogP contribution in [0.4, 0.5) is 22.7 Å². The number of carbonyl (C=O) groups is 2. The fraction of sp³-hybridized carbons (Fsp3) is 0.152. The number of nitrogens with one attached hydrogen (secondary N) is 1. The van der Waals surface area contributed by atoms with E-state index in [0.717, 1.165) is 29.2 Å². The summed E-state index contributed by atoms with van der Waals surface area (Å²) in [6, 6.07) is 39.8. The van der Waals surface area contributed by atoms with Crippen molar-refractivity contribution in [2.24, 2.45) is 29.3 Å². The van der Waals surface area contributed by atoms with Gasteiger partial charge in [-0.1, -0.05) is 84.9 Å². The Morgan fingerprint density at radius 3 is 1.52 bits per heavy atom. The number of imide groups is 1. The van der Waals surface area contributed by atoms with Gasteiger partial charge in [0.2, 0.25) is 11.8 Å². The van der Waals surface area contributed by atoms with Crippen molar-refractivity contribution < 1.29 is 9.59 Å². The standard InChI is InChI=1S/C33H31B3N6O2/c37-34-40(27-15-7-2-8-16-27)35(38-26-13-5-1-6-14-26)42(29-19-11-4-12-20-29)36(41(34)28-17-9-3-10-18-28)39-32(43)30-24-21-22-25(23-24)31(30)33(39)44/h1-22,24-25,30-31,38H,23,37H2. The van der Waals surface area contributed by atoms with Crippen LogP contribution in [0.15, 0.2) is 133 Å². The SMILES string of the molecule is NB1N(c2ccccc2)B(Nc2ccccc2)N(c2ccccc2)B(N2C(=O)C3C4C=CC(C4)C3C2=O)N1c1ccccc1. The van der Waals surface area contributed by atoms with Crippen molar-refractivity contribution in [2.45, 2.75) is 6.42 Å². The highest BCUT2D eigenvalue weighted by Gasteiger charge is 2.66. The summed E-state index contributed by atoms with van der Waals surface area (Å²) in [6.07, 6.45) is 5.14. The van der Waals surface area contributed by atoms with E-state index in [1.54, 1.807) is 0 Å². The van der Waals surface area contributed by atoms with E-state index < -0.39 is 21.4 Å². The molecular weight excluding hydrogens is 545 g/mol. The normalized spacial score (nSPS) is 24.1. The van der Waals surface area contributed by atoms with Crippen molar-refractivity contribution >= 4 is 55.9 Å². The predicted octanol–water partition coefficient (Wildman–Crippen LogP) is 4.35. The van der Waals surface area contributed by atoms with Crippen molar-refractivity contribution in [3.05, 3.63) is 133 Å². The van der Waals surface area contributed by atoms with Gasteiger partial charge in [-0.15, -0.1) is 0 Å². The van der Waals surface area contributed by atoms with Gasteiger partial charge in [0.15, 0.2) is 0 Å². The Kier molecular flexibility index (Phi) is 6.49. The molecule has 0 radical (unpaired) electrons. The van der Waals surface area contributed by atoms with Gasteiger partial charge in [-0.25, -0.2) is 0 Å². The molecule has 8 nitrogen and oxygen atoms in total. The number of rotatable bonds is 6. The van der Waals surface area contributed by atoms with Gasteiger partial charge in [0, 0.05) is 22.7 Å². The highest BCUT2D eigenvalue weighted by atomic mass is 16.2. The molecule has 2 amide bonds. The lowest BCUT2D eigenvalue weighted by Crippen LogP contribution is -2.87. The maximum absolute atomic E-state index is 14.5. The predicted molar refractivity (Wildman–Crippen MR) is 178 cm³/mol. The van der Waals surface area contributed by atoms with Gasteiger partial charge < -0.3 is 25.0 Å². The van der Waals surface area contributed by atoms with Crippen molar-refractivity contribution in [1.29, 1.82) is 0 Å². The average Bonchev–Trinajstić information content (AvgIpc) is 3.76. The average molecular weight is 576 g/mol. The third kappa shape index (κ3) is 4.14. The fourth-order valence-corrected chi connectivity index (χ4v) is 7.69. The van der Waals surface area contributed by atoms with E-state index in [4.69, 9.17) is 5.64 Å². The first-order valence-electron chi connectivity index (χ1n) is 15.2. The Morgan fingerprint density at radius 1 is 0.591 bits per heavy atom. The van der Waals surface area contributed by atoms with Crippen LogP contribution in [0.25, 0.3) is 0 Å². The number of amides is 2. The molecule has 0 spiro atoms. The van der Waals surface area contributed by atoms with Crippen LogP contribution in [0, 0.1) is 23.7 Å². The maximum atomic E-state index is 14.5. The molecule has 4 unspecified atom stereocenters. The number of anilines is 4. The number of benzene rings is 4. The summed E-state index contributed by atoms with van der Waals surface area (Å²) in [5, 5.41) is 3.73. The van der Waals surface area contributed by atoms with Crippen LogP contribution >= 0.6 is 0 Å². The molecule has 11 heteroatoms. The van der Waals surface area contributed by atoms with Gasteiger partial charge >= 0.3 is 21.4 Å². The van der Waals surface area contributed by atoms with E-state index in [9.17, 15) is 9.59 Å². The van der Waals surface area contributed by atoms with Crippen LogP contribution in [0.1, 0.15) is 6.42 Å². The van der Waals surface area contributed by atoms with Crippen molar-refractivity contribution in [2.75, 3.05) is 19.4 Å². The zero-order valence-electron chi connectivity index (χ0n) is 24.1. The summed E-state index contributed by atoms with van der Waals surface area (Å²) in [5.41, 5.74) is 10.8. The first-order chi connectivity index (χ1) is 21.6. The number of hydrogen-bond acceptors (Lipinski definition) is 7. The molecule has 4 aromatic rings. The van der Waals surface area contributed by atoms with E-state index >= 15 is 0 Å². The lowest BCUT2D eigenvalue weighted by Gasteiger charge is -2.55. The fourth-order valence-electron chi connectivity index (χ4n) is 7.69. The molecule has 214 valence electrons. The Hall–Kier alpha value is -4.89. The van der Waals surface area contributed by atoms with E-state index in [2.05, 4.69) is 26.8 Å². The zero-order valence-corrected chi connectivity index (χ0v) is 24.1. The molecule has 4 aliphatic rings. The molecule has 3 N–H and O–H groups in total. The number of hydrogen-bond donors (Lipinski definition) is 2.